The van der Waals surface area contributed by atoms with Crippen LogP contribution in [0.25, 0.3) is 33.1 Å². The van der Waals surface area contributed by atoms with E-state index in [1.807, 2.05) is 54.6 Å². The Bertz CT molecular complexity index is 1010. The normalized spacial score (nSPS) is 11.0. The second-order valence-electron chi connectivity index (χ2n) is 4.80. The van der Waals surface area contributed by atoms with Crippen LogP contribution in [0.4, 0.5) is 0 Å². The maximum Gasteiger partial charge on any atom is 0.260 e. The fourth-order valence-electron chi connectivity index (χ4n) is 2.64. The number of aromatic nitrogens is 3. The number of fused-ring (bicyclic) bond motifs is 2. The fourth-order valence-corrected chi connectivity index (χ4v) is 2.64. The molecule has 1 N–H and O–H groups in total. The van der Waals surface area contributed by atoms with Crippen LogP contribution in [0.15, 0.2) is 65.7 Å². The first-order valence-electron chi connectivity index (χ1n) is 6.66. The number of aromatic amines is 1. The number of hydrogen-bond donors (Lipinski definition) is 1. The van der Waals surface area contributed by atoms with Gasteiger partial charge in [-0.2, -0.15) is 0 Å². The molecule has 0 saturated heterocycles. The zero-order chi connectivity index (χ0) is 14.2. The Balaban J connectivity index is 2.30. The molecular weight excluding hydrogens is 262 g/mol. The summed E-state index contributed by atoms with van der Waals surface area (Å²) in [6.45, 7) is 0. The van der Waals surface area contributed by atoms with Gasteiger partial charge in [-0.25, -0.2) is 9.97 Å². The molecule has 4 nitrogen and oxygen atoms in total. The van der Waals surface area contributed by atoms with Gasteiger partial charge in [0.05, 0.1) is 17.2 Å². The summed E-state index contributed by atoms with van der Waals surface area (Å²) in [4.78, 5) is 23.6. The number of H-pyrrole nitrogens is 1. The van der Waals surface area contributed by atoms with Crippen molar-refractivity contribution in [2.75, 3.05) is 0 Å². The molecule has 0 unspecified atom stereocenters. The van der Waals surface area contributed by atoms with E-state index < -0.39 is 0 Å². The van der Waals surface area contributed by atoms with Gasteiger partial charge in [0.1, 0.15) is 0 Å². The molecule has 4 rings (SSSR count). The molecule has 2 aromatic carbocycles. The zero-order valence-electron chi connectivity index (χ0n) is 11.1. The van der Waals surface area contributed by atoms with Gasteiger partial charge in [-0.05, 0) is 11.6 Å². The van der Waals surface area contributed by atoms with Gasteiger partial charge >= 0.3 is 0 Å². The summed E-state index contributed by atoms with van der Waals surface area (Å²) in [5.41, 5.74) is 3.00. The Labute approximate surface area is 120 Å². The topological polar surface area (TPSA) is 58.6 Å². The summed E-state index contributed by atoms with van der Waals surface area (Å²) in [5.74, 6) is 0. The number of hydrogen-bond acceptors (Lipinski definition) is 3. The van der Waals surface area contributed by atoms with E-state index in [-0.39, 0.29) is 5.56 Å². The lowest BCUT2D eigenvalue weighted by molar-refractivity contribution is 1.15. The molecule has 0 bridgehead atoms. The van der Waals surface area contributed by atoms with E-state index in [4.69, 9.17) is 0 Å². The molecule has 0 amide bonds. The highest BCUT2D eigenvalue weighted by molar-refractivity contribution is 6.08. The van der Waals surface area contributed by atoms with Crippen LogP contribution in [0.3, 0.4) is 0 Å². The fraction of sp³-hybridized carbons (Fsp3) is 0. The zero-order valence-corrected chi connectivity index (χ0v) is 11.1. The maximum absolute atomic E-state index is 12.3. The van der Waals surface area contributed by atoms with Crippen molar-refractivity contribution in [2.45, 2.75) is 0 Å². The molecule has 0 radical (unpaired) electrons. The highest BCUT2D eigenvalue weighted by Crippen LogP contribution is 2.31. The van der Waals surface area contributed by atoms with Crippen molar-refractivity contribution >= 4 is 21.9 Å². The lowest BCUT2D eigenvalue weighted by atomic mass is 9.98. The van der Waals surface area contributed by atoms with Gasteiger partial charge in [0.25, 0.3) is 5.56 Å². The van der Waals surface area contributed by atoms with E-state index in [1.54, 1.807) is 0 Å². The first-order chi connectivity index (χ1) is 10.3. The minimum atomic E-state index is -0.169. The molecule has 100 valence electrons. The second kappa shape index (κ2) is 4.52. The molecule has 21 heavy (non-hydrogen) atoms. The highest BCUT2D eigenvalue weighted by atomic mass is 16.1. The van der Waals surface area contributed by atoms with E-state index in [2.05, 4.69) is 15.0 Å². The van der Waals surface area contributed by atoms with Crippen molar-refractivity contribution < 1.29 is 0 Å². The van der Waals surface area contributed by atoms with Crippen molar-refractivity contribution in [3.8, 4) is 11.1 Å². The molecule has 0 aliphatic carbocycles. The second-order valence-corrected chi connectivity index (χ2v) is 4.80. The Kier molecular flexibility index (Phi) is 2.54. The smallest absolute Gasteiger partial charge is 0.260 e. The van der Waals surface area contributed by atoms with Crippen LogP contribution < -0.4 is 5.56 Å². The Morgan fingerprint density at radius 1 is 0.905 bits per heavy atom. The van der Waals surface area contributed by atoms with Gasteiger partial charge in [-0.3, -0.25) is 4.79 Å². The van der Waals surface area contributed by atoms with Crippen LogP contribution in [0.2, 0.25) is 0 Å². The van der Waals surface area contributed by atoms with Gasteiger partial charge in [0.2, 0.25) is 0 Å². The van der Waals surface area contributed by atoms with E-state index >= 15 is 0 Å². The number of nitrogens with one attached hydrogen (secondary N) is 1. The van der Waals surface area contributed by atoms with Gasteiger partial charge in [-0.1, -0.05) is 48.5 Å². The van der Waals surface area contributed by atoms with Gasteiger partial charge in [0.15, 0.2) is 5.65 Å². The summed E-state index contributed by atoms with van der Waals surface area (Å²) in [6.07, 6.45) is 1.39. The first kappa shape index (κ1) is 11.8. The molecule has 0 spiro atoms. The lowest BCUT2D eigenvalue weighted by Gasteiger charge is -2.09. The average Bonchev–Trinajstić information content (AvgIpc) is 2.54. The molecule has 0 atom stereocenters. The Morgan fingerprint density at radius 2 is 1.67 bits per heavy atom. The summed E-state index contributed by atoms with van der Waals surface area (Å²) in [6, 6.07) is 17.7. The minimum Gasteiger partial charge on any atom is -0.312 e. The lowest BCUT2D eigenvalue weighted by Crippen LogP contribution is -2.09. The van der Waals surface area contributed by atoms with Crippen LogP contribution in [0.5, 0.6) is 0 Å². The summed E-state index contributed by atoms with van der Waals surface area (Å²) < 4.78 is 0. The monoisotopic (exact) mass is 273 g/mol. The predicted octanol–water partition coefficient (Wildman–Crippen LogP) is 3.14. The van der Waals surface area contributed by atoms with Gasteiger partial charge in [-0.15, -0.1) is 0 Å². The molecule has 2 aromatic heterocycles. The number of pyridine rings is 1. The van der Waals surface area contributed by atoms with Gasteiger partial charge in [0, 0.05) is 10.9 Å². The van der Waals surface area contributed by atoms with E-state index in [0.29, 0.717) is 11.0 Å². The third-order valence-corrected chi connectivity index (χ3v) is 3.55. The average molecular weight is 273 g/mol. The van der Waals surface area contributed by atoms with E-state index in [1.165, 1.54) is 6.33 Å². The van der Waals surface area contributed by atoms with Crippen molar-refractivity contribution in [3.05, 3.63) is 71.3 Å². The van der Waals surface area contributed by atoms with Crippen molar-refractivity contribution in [1.29, 1.82) is 0 Å². The molecule has 4 heteroatoms. The summed E-state index contributed by atoms with van der Waals surface area (Å²) in [7, 11) is 0. The highest BCUT2D eigenvalue weighted by Gasteiger charge is 2.13. The van der Waals surface area contributed by atoms with Crippen LogP contribution >= 0.6 is 0 Å². The quantitative estimate of drug-likeness (QED) is 0.542. The predicted molar refractivity (Wildman–Crippen MR) is 83.1 cm³/mol. The Morgan fingerprint density at radius 3 is 2.52 bits per heavy atom. The standard InChI is InChI=1S/C17H11N3O/c21-17-15-14(11-6-2-1-3-7-11)12-8-4-5-9-13(12)20-16(15)18-10-19-17/h1-10H,(H,18,19,20,21). The molecule has 4 aromatic rings. The number of rotatable bonds is 1. The van der Waals surface area contributed by atoms with Crippen molar-refractivity contribution in [2.24, 2.45) is 0 Å². The maximum atomic E-state index is 12.3. The summed E-state index contributed by atoms with van der Waals surface area (Å²) in [5, 5.41) is 1.48. The first-order valence-corrected chi connectivity index (χ1v) is 6.66. The number of para-hydroxylation sites is 1. The molecular formula is C17H11N3O. The molecule has 0 saturated carbocycles. The van der Waals surface area contributed by atoms with Crippen molar-refractivity contribution in [1.82, 2.24) is 15.0 Å². The largest absolute Gasteiger partial charge is 0.312 e. The van der Waals surface area contributed by atoms with Crippen LogP contribution in [0, 0.1) is 0 Å². The van der Waals surface area contributed by atoms with Crippen LogP contribution in [-0.4, -0.2) is 15.0 Å². The third kappa shape index (κ3) is 1.80. The molecule has 0 aliphatic rings. The SMILES string of the molecule is O=c1[nH]cnc2nc3ccccc3c(-c3ccccc3)c12. The van der Waals surface area contributed by atoms with E-state index in [9.17, 15) is 4.79 Å². The molecule has 0 aliphatic heterocycles. The molecule has 0 fully saturated rings. The van der Waals surface area contributed by atoms with Crippen LogP contribution in [0.1, 0.15) is 0 Å². The van der Waals surface area contributed by atoms with Gasteiger partial charge < -0.3 is 4.98 Å². The van der Waals surface area contributed by atoms with E-state index in [0.717, 1.165) is 22.0 Å². The van der Waals surface area contributed by atoms with Crippen LogP contribution in [-0.2, 0) is 0 Å². The summed E-state index contributed by atoms with van der Waals surface area (Å²) >= 11 is 0. The van der Waals surface area contributed by atoms with Crippen molar-refractivity contribution in [3.63, 3.8) is 0 Å². The Hall–Kier alpha value is -3.01. The number of nitrogens with zero attached hydrogens (tertiary/aromatic N) is 2. The minimum absolute atomic E-state index is 0.169. The molecule has 2 heterocycles. The number of benzene rings is 2. The third-order valence-electron chi connectivity index (χ3n) is 3.55.